The Morgan fingerprint density at radius 2 is 1.42 bits per heavy atom. The van der Waals surface area contributed by atoms with Crippen molar-refractivity contribution in [3.8, 4) is 0 Å². The molecule has 0 saturated heterocycles. The topological polar surface area (TPSA) is 151 Å². The average molecular weight is 866 g/mol. The number of nitrogens with zero attached hydrogens (tertiary/aromatic N) is 11. The van der Waals surface area contributed by atoms with E-state index >= 15 is 0 Å². The van der Waals surface area contributed by atoms with Crippen LogP contribution in [0.25, 0.3) is 10.9 Å². The molecular weight excluding hydrogens is 823 g/mol. The normalized spacial score (nSPS) is 23.2. The quantitative estimate of drug-likeness (QED) is 0.204. The Hall–Kier alpha value is -4.93. The number of nitrogens with one attached hydrogen (secondary N) is 1. The molecule has 2 aliphatic carbocycles. The second-order valence-electron chi connectivity index (χ2n) is 16.2. The van der Waals surface area contributed by atoms with Gasteiger partial charge in [0.15, 0.2) is 0 Å². The Labute approximate surface area is 335 Å². The van der Waals surface area contributed by atoms with E-state index in [2.05, 4.69) is 23.4 Å². The molecule has 0 aromatic carbocycles. The van der Waals surface area contributed by atoms with Crippen LogP contribution in [0.5, 0.6) is 0 Å². The van der Waals surface area contributed by atoms with Crippen LogP contribution in [0.3, 0.4) is 0 Å². The van der Waals surface area contributed by atoms with E-state index in [0.717, 1.165) is 72.0 Å². The fourth-order valence-electron chi connectivity index (χ4n) is 9.87. The van der Waals surface area contributed by atoms with Crippen LogP contribution in [-0.4, -0.2) is 89.2 Å². The minimum atomic E-state index is -5.33. The zero-order chi connectivity index (χ0) is 37.5. The van der Waals surface area contributed by atoms with Crippen LogP contribution < -0.4 is 5.32 Å². The van der Waals surface area contributed by atoms with Gasteiger partial charge in [0.1, 0.15) is 0 Å². The third-order valence-corrected chi connectivity index (χ3v) is 21.7. The Morgan fingerprint density at radius 3 is 2.23 bits per heavy atom. The van der Waals surface area contributed by atoms with Crippen molar-refractivity contribution in [1.82, 2.24) is 26.2 Å². The number of amidine groups is 5. The molecule has 57 heavy (non-hydrogen) atoms. The van der Waals surface area contributed by atoms with Gasteiger partial charge in [-0.05, 0) is 0 Å². The van der Waals surface area contributed by atoms with Crippen molar-refractivity contribution in [3.63, 3.8) is 0 Å². The van der Waals surface area contributed by atoms with Gasteiger partial charge in [-0.25, -0.2) is 0 Å². The van der Waals surface area contributed by atoms with Crippen LogP contribution in [0.2, 0.25) is 0 Å². The van der Waals surface area contributed by atoms with Gasteiger partial charge in [-0.2, -0.15) is 0 Å². The standard InChI is InChI=1S/C28H16N12.2C7H13O.Sn/c1-5-13-17(29-9-1)25-33-21(13)37-26-18-14(6-2-10-30-18)23(34-26)39-28-20-16(8-4-12-32-20)24(36-28)40-27-19-15(7-3-11-31-19)22(35-27)38-25;2*8-6-7-4-2-1-3-5-7;/h1-3,5-7,9-12,26H,4,8H2,(H-,33,34,36,37,38,39,40);2*7H,1-6H2;/q-2;2*-1;+4. The average Bonchev–Trinajstić information content (AvgIpc) is 3.98. The predicted octanol–water partition coefficient (Wildman–Crippen LogP) is 7.08. The number of hydrogen-bond donors (Lipinski definition) is 1. The van der Waals surface area contributed by atoms with Crippen LogP contribution in [-0.2, 0) is 6.15 Å². The summed E-state index contributed by atoms with van der Waals surface area (Å²) in [6, 6.07) is 12.1. The Balaban J connectivity index is 1.22. The van der Waals surface area contributed by atoms with Crippen LogP contribution in [0, 0.1) is 11.8 Å². The van der Waals surface area contributed by atoms with E-state index in [1.54, 1.807) is 6.20 Å². The molecule has 8 aliphatic rings. The number of hydrogen-bond acceptors (Lipinski definition) is 13. The minimum absolute atomic E-state index is 0.398. The van der Waals surface area contributed by atoms with Crippen molar-refractivity contribution in [3.05, 3.63) is 88.8 Å². The first-order valence-electron chi connectivity index (χ1n) is 20.7. The van der Waals surface area contributed by atoms with E-state index in [4.69, 9.17) is 51.1 Å². The first kappa shape index (κ1) is 34.1. The molecular formula is C42H42N12O2Sn. The number of rotatable bonds is 6. The van der Waals surface area contributed by atoms with Gasteiger partial charge in [0, 0.05) is 0 Å². The van der Waals surface area contributed by atoms with Crippen LogP contribution in [0.1, 0.15) is 106 Å². The second kappa shape index (κ2) is 13.6. The summed E-state index contributed by atoms with van der Waals surface area (Å²) in [6.45, 7) is 1.11. The van der Waals surface area contributed by atoms with E-state index in [9.17, 15) is 0 Å². The van der Waals surface area contributed by atoms with Gasteiger partial charge in [0.2, 0.25) is 0 Å². The summed E-state index contributed by atoms with van der Waals surface area (Å²) in [7, 11) is 0. The molecule has 14 nitrogen and oxygen atoms in total. The van der Waals surface area contributed by atoms with Gasteiger partial charge in [0.05, 0.1) is 0 Å². The molecule has 0 radical (unpaired) electrons. The van der Waals surface area contributed by atoms with E-state index in [1.807, 2.05) is 42.9 Å². The van der Waals surface area contributed by atoms with Gasteiger partial charge in [-0.3, -0.25) is 0 Å². The van der Waals surface area contributed by atoms with E-state index in [1.165, 1.54) is 38.5 Å². The fraction of sp³-hybridized carbons (Fsp3) is 0.405. The summed E-state index contributed by atoms with van der Waals surface area (Å²) in [5.41, 5.74) is 5.72. The molecule has 0 spiro atoms. The van der Waals surface area contributed by atoms with E-state index < -0.39 is 25.9 Å². The monoisotopic (exact) mass is 866 g/mol. The molecule has 10 heterocycles. The van der Waals surface area contributed by atoms with Crippen LogP contribution >= 0.6 is 0 Å². The molecule has 6 aliphatic heterocycles. The summed E-state index contributed by atoms with van der Waals surface area (Å²) >= 11 is -5.33. The second-order valence-corrected chi connectivity index (χ2v) is 23.6. The maximum atomic E-state index is 7.88. The molecule has 1 atom stereocenters. The third-order valence-electron chi connectivity index (χ3n) is 12.7. The van der Waals surface area contributed by atoms with Gasteiger partial charge in [-0.1, -0.05) is 0 Å². The molecule has 0 amide bonds. The third kappa shape index (κ3) is 5.39. The van der Waals surface area contributed by atoms with Crippen LogP contribution in [0.4, 0.5) is 11.6 Å². The summed E-state index contributed by atoms with van der Waals surface area (Å²) in [5, 5.41) is 4.72. The maximum absolute atomic E-state index is 7.88. The van der Waals surface area contributed by atoms with E-state index in [-0.39, 0.29) is 0 Å². The molecule has 6 bridgehead atoms. The molecule has 2 saturated carbocycles. The van der Waals surface area contributed by atoms with Crippen molar-refractivity contribution in [1.29, 1.82) is 0 Å². The zero-order valence-electron chi connectivity index (χ0n) is 31.6. The summed E-state index contributed by atoms with van der Waals surface area (Å²) < 4.78 is 20.3. The Bertz CT molecular complexity index is 2550. The fourth-order valence-corrected chi connectivity index (χ4v) is 20.0. The summed E-state index contributed by atoms with van der Waals surface area (Å²) in [6.07, 6.45) is 20.2. The van der Waals surface area contributed by atoms with Gasteiger partial charge < -0.3 is 0 Å². The zero-order valence-corrected chi connectivity index (χ0v) is 34.5. The van der Waals surface area contributed by atoms with Gasteiger partial charge in [0.25, 0.3) is 0 Å². The van der Waals surface area contributed by atoms with Gasteiger partial charge >= 0.3 is 337 Å². The summed E-state index contributed by atoms with van der Waals surface area (Å²) in [5.74, 6) is 5.08. The van der Waals surface area contributed by atoms with Crippen molar-refractivity contribution in [2.45, 2.75) is 83.2 Å². The molecule has 1 N–H and O–H groups in total. The van der Waals surface area contributed by atoms with Crippen molar-refractivity contribution in [2.75, 3.05) is 13.2 Å². The first-order chi connectivity index (χ1) is 28.2. The molecule has 2 fully saturated rings. The van der Waals surface area contributed by atoms with E-state index in [0.29, 0.717) is 77.1 Å². The molecule has 286 valence electrons. The Morgan fingerprint density at radius 1 is 0.702 bits per heavy atom. The number of pyridine rings is 3. The molecule has 4 aromatic heterocycles. The predicted molar refractivity (Wildman–Crippen MR) is 221 cm³/mol. The molecule has 1 unspecified atom stereocenters. The Kier molecular flexibility index (Phi) is 8.14. The van der Waals surface area contributed by atoms with Crippen molar-refractivity contribution >= 4 is 77.7 Å². The number of aliphatic imine (C=N–C) groups is 6. The molecule has 12 rings (SSSR count). The molecule has 15 heteroatoms. The first-order valence-corrected chi connectivity index (χ1v) is 25.6. The SMILES string of the molecule is C1=NC2=C(CC1)C1=Nc3c4ncccc4c4[n]3[Sn]([O]CC3CCCCC3)([O]CC3CCCCC3)[N]3C(=NC2=N1)c1cccnc1C3NC1=NC(=N4)c2ncccc21. The van der Waals surface area contributed by atoms with Crippen LogP contribution in [0.15, 0.2) is 96.2 Å². The summed E-state index contributed by atoms with van der Waals surface area (Å²) in [4.78, 5) is 46.9. The number of fused-ring (bicyclic) bond motifs is 13. The van der Waals surface area contributed by atoms with Gasteiger partial charge in [-0.15, -0.1) is 0 Å². The van der Waals surface area contributed by atoms with Crippen molar-refractivity contribution < 1.29 is 6.15 Å². The van der Waals surface area contributed by atoms with Crippen molar-refractivity contribution in [2.24, 2.45) is 41.8 Å². The molecule has 4 aromatic rings. The number of aromatic nitrogens is 4.